The molecule has 1 aromatic carbocycles. The van der Waals surface area contributed by atoms with E-state index in [1.807, 2.05) is 4.90 Å². The zero-order valence-electron chi connectivity index (χ0n) is 10.9. The number of nitrogens with zero attached hydrogens (tertiary/aromatic N) is 1. The number of carbonyl (C=O) groups excluding carboxylic acids is 1. The van der Waals surface area contributed by atoms with E-state index in [1.165, 1.54) is 11.1 Å². The molecule has 18 heavy (non-hydrogen) atoms. The Morgan fingerprint density at radius 2 is 2.00 bits per heavy atom. The van der Waals surface area contributed by atoms with Gasteiger partial charge in [-0.3, -0.25) is 4.79 Å². The number of amides is 1. The van der Waals surface area contributed by atoms with Crippen molar-refractivity contribution in [2.75, 3.05) is 13.2 Å². The predicted molar refractivity (Wildman–Crippen MR) is 71.3 cm³/mol. The number of aryl methyl sites for hydroxylation is 2. The molecule has 3 heteroatoms. The van der Waals surface area contributed by atoms with E-state index < -0.39 is 0 Å². The van der Waals surface area contributed by atoms with Gasteiger partial charge in [0.1, 0.15) is 0 Å². The zero-order valence-corrected chi connectivity index (χ0v) is 10.9. The van der Waals surface area contributed by atoms with Crippen molar-refractivity contribution in [2.45, 2.75) is 38.6 Å². The summed E-state index contributed by atoms with van der Waals surface area (Å²) >= 11 is 0. The van der Waals surface area contributed by atoms with Crippen LogP contribution in [0.4, 0.5) is 0 Å². The quantitative estimate of drug-likeness (QED) is 0.834. The summed E-state index contributed by atoms with van der Waals surface area (Å²) in [4.78, 5) is 13.9. The van der Waals surface area contributed by atoms with Gasteiger partial charge in [-0.25, -0.2) is 0 Å². The van der Waals surface area contributed by atoms with Gasteiger partial charge in [0.25, 0.3) is 0 Å². The van der Waals surface area contributed by atoms with Crippen LogP contribution in [0.3, 0.4) is 0 Å². The topological polar surface area (TPSA) is 40.5 Å². The summed E-state index contributed by atoms with van der Waals surface area (Å²) < 4.78 is 0. The Labute approximate surface area is 108 Å². The van der Waals surface area contributed by atoms with E-state index in [2.05, 4.69) is 31.2 Å². The average Bonchev–Trinajstić information content (AvgIpc) is 3.19. The van der Waals surface area contributed by atoms with Crippen molar-refractivity contribution in [1.29, 1.82) is 0 Å². The third-order valence-corrected chi connectivity index (χ3v) is 3.40. The van der Waals surface area contributed by atoms with Crippen molar-refractivity contribution < 1.29 is 9.90 Å². The van der Waals surface area contributed by atoms with Gasteiger partial charge < -0.3 is 10.0 Å². The Balaban J connectivity index is 1.84. The maximum atomic E-state index is 12.1. The zero-order chi connectivity index (χ0) is 13.0. The van der Waals surface area contributed by atoms with E-state index in [0.29, 0.717) is 19.0 Å². The van der Waals surface area contributed by atoms with Gasteiger partial charge in [-0.2, -0.15) is 0 Å². The fraction of sp³-hybridized carbons (Fsp3) is 0.533. The molecule has 1 fully saturated rings. The monoisotopic (exact) mass is 247 g/mol. The van der Waals surface area contributed by atoms with Gasteiger partial charge in [-0.05, 0) is 31.7 Å². The number of rotatable bonds is 6. The van der Waals surface area contributed by atoms with Crippen LogP contribution in [-0.2, 0) is 11.2 Å². The molecule has 1 aliphatic carbocycles. The second-order valence-electron chi connectivity index (χ2n) is 5.03. The lowest BCUT2D eigenvalue weighted by molar-refractivity contribution is -0.132. The van der Waals surface area contributed by atoms with Crippen LogP contribution >= 0.6 is 0 Å². The van der Waals surface area contributed by atoms with Crippen molar-refractivity contribution in [3.63, 3.8) is 0 Å². The molecule has 3 nitrogen and oxygen atoms in total. The Kier molecular flexibility index (Phi) is 4.37. The number of aliphatic hydroxyl groups excluding tert-OH is 1. The number of aliphatic hydroxyl groups is 1. The van der Waals surface area contributed by atoms with Crippen LogP contribution in [0.25, 0.3) is 0 Å². The Hall–Kier alpha value is -1.35. The molecule has 1 aliphatic rings. The lowest BCUT2D eigenvalue weighted by Gasteiger charge is -2.21. The molecule has 0 bridgehead atoms. The Morgan fingerprint density at radius 1 is 1.33 bits per heavy atom. The van der Waals surface area contributed by atoms with E-state index in [0.717, 1.165) is 19.3 Å². The van der Waals surface area contributed by atoms with E-state index in [-0.39, 0.29) is 12.5 Å². The molecule has 1 aromatic rings. The molecule has 0 heterocycles. The van der Waals surface area contributed by atoms with Crippen LogP contribution in [0, 0.1) is 6.92 Å². The molecule has 0 spiro atoms. The number of hydrogen-bond donors (Lipinski definition) is 1. The Morgan fingerprint density at radius 3 is 2.56 bits per heavy atom. The van der Waals surface area contributed by atoms with Crippen molar-refractivity contribution in [3.05, 3.63) is 35.4 Å². The first kappa shape index (κ1) is 13.1. The van der Waals surface area contributed by atoms with Gasteiger partial charge in [0, 0.05) is 19.0 Å². The summed E-state index contributed by atoms with van der Waals surface area (Å²) in [6.07, 6.45) is 3.51. The standard InChI is InChI=1S/C15H21NO2/c1-12-2-4-13(5-3-12)6-9-15(18)16(10-11-17)14-7-8-14/h2-5,14,17H,6-11H2,1H3. The highest BCUT2D eigenvalue weighted by atomic mass is 16.3. The number of carbonyl (C=O) groups is 1. The predicted octanol–water partition coefficient (Wildman–Crippen LogP) is 1.91. The molecule has 0 radical (unpaired) electrons. The van der Waals surface area contributed by atoms with Crippen LogP contribution in [0.15, 0.2) is 24.3 Å². The minimum absolute atomic E-state index is 0.0623. The lowest BCUT2D eigenvalue weighted by Crippen LogP contribution is -2.35. The minimum atomic E-state index is 0.0623. The highest BCUT2D eigenvalue weighted by Crippen LogP contribution is 2.27. The van der Waals surface area contributed by atoms with Crippen LogP contribution in [0.5, 0.6) is 0 Å². The van der Waals surface area contributed by atoms with Gasteiger partial charge in [-0.15, -0.1) is 0 Å². The third kappa shape index (κ3) is 3.57. The van der Waals surface area contributed by atoms with Gasteiger partial charge in [0.15, 0.2) is 0 Å². The van der Waals surface area contributed by atoms with Gasteiger partial charge in [0.2, 0.25) is 5.91 Å². The van der Waals surface area contributed by atoms with Crippen LogP contribution < -0.4 is 0 Å². The van der Waals surface area contributed by atoms with Gasteiger partial charge in [-0.1, -0.05) is 29.8 Å². The fourth-order valence-electron chi connectivity index (χ4n) is 2.15. The lowest BCUT2D eigenvalue weighted by atomic mass is 10.1. The summed E-state index contributed by atoms with van der Waals surface area (Å²) in [5.41, 5.74) is 2.44. The van der Waals surface area contributed by atoms with Crippen LogP contribution in [0.1, 0.15) is 30.4 Å². The van der Waals surface area contributed by atoms with Crippen molar-refractivity contribution in [2.24, 2.45) is 0 Å². The molecule has 0 atom stereocenters. The first-order valence-corrected chi connectivity index (χ1v) is 6.66. The van der Waals surface area contributed by atoms with E-state index >= 15 is 0 Å². The molecular formula is C15H21NO2. The SMILES string of the molecule is Cc1ccc(CCC(=O)N(CCO)C2CC2)cc1. The second kappa shape index (κ2) is 6.01. The van der Waals surface area contributed by atoms with E-state index in [1.54, 1.807) is 0 Å². The van der Waals surface area contributed by atoms with Crippen LogP contribution in [-0.4, -0.2) is 35.1 Å². The van der Waals surface area contributed by atoms with E-state index in [4.69, 9.17) is 5.11 Å². The van der Waals surface area contributed by atoms with Crippen molar-refractivity contribution in [1.82, 2.24) is 4.90 Å². The van der Waals surface area contributed by atoms with Crippen LogP contribution in [0.2, 0.25) is 0 Å². The van der Waals surface area contributed by atoms with Crippen molar-refractivity contribution >= 4 is 5.91 Å². The van der Waals surface area contributed by atoms with Gasteiger partial charge in [0.05, 0.1) is 6.61 Å². The minimum Gasteiger partial charge on any atom is -0.395 e. The third-order valence-electron chi connectivity index (χ3n) is 3.40. The maximum absolute atomic E-state index is 12.1. The molecule has 0 aliphatic heterocycles. The first-order chi connectivity index (χ1) is 8.70. The molecular weight excluding hydrogens is 226 g/mol. The van der Waals surface area contributed by atoms with Gasteiger partial charge >= 0.3 is 0 Å². The molecule has 0 aromatic heterocycles. The maximum Gasteiger partial charge on any atom is 0.223 e. The summed E-state index contributed by atoms with van der Waals surface area (Å²) in [5, 5.41) is 8.98. The molecule has 1 saturated carbocycles. The van der Waals surface area contributed by atoms with Crippen molar-refractivity contribution in [3.8, 4) is 0 Å². The molecule has 1 N–H and O–H groups in total. The number of hydrogen-bond acceptors (Lipinski definition) is 2. The second-order valence-corrected chi connectivity index (χ2v) is 5.03. The first-order valence-electron chi connectivity index (χ1n) is 6.66. The largest absolute Gasteiger partial charge is 0.395 e. The Bertz CT molecular complexity index is 395. The fourth-order valence-corrected chi connectivity index (χ4v) is 2.15. The summed E-state index contributed by atoms with van der Waals surface area (Å²) in [7, 11) is 0. The summed E-state index contributed by atoms with van der Waals surface area (Å²) in [6.45, 7) is 2.61. The molecule has 1 amide bonds. The smallest absolute Gasteiger partial charge is 0.223 e. The average molecular weight is 247 g/mol. The summed E-state index contributed by atoms with van der Waals surface area (Å²) in [5.74, 6) is 0.173. The number of benzene rings is 1. The highest BCUT2D eigenvalue weighted by Gasteiger charge is 2.31. The summed E-state index contributed by atoms with van der Waals surface area (Å²) in [6, 6.07) is 8.70. The highest BCUT2D eigenvalue weighted by molar-refractivity contribution is 5.77. The molecule has 0 unspecified atom stereocenters. The molecule has 0 saturated heterocycles. The molecule has 98 valence electrons. The molecule has 2 rings (SSSR count). The van der Waals surface area contributed by atoms with E-state index in [9.17, 15) is 4.79 Å². The normalized spacial score (nSPS) is 14.6.